The molecule has 0 N–H and O–H groups in total. The highest BCUT2D eigenvalue weighted by Gasteiger charge is 2.09. The molecule has 0 aliphatic rings. The second kappa shape index (κ2) is 6.43. The third kappa shape index (κ3) is 4.59. The van der Waals surface area contributed by atoms with Gasteiger partial charge >= 0.3 is 0 Å². The van der Waals surface area contributed by atoms with Crippen molar-refractivity contribution < 1.29 is 9.53 Å². The summed E-state index contributed by atoms with van der Waals surface area (Å²) < 4.78 is 5.46. The van der Waals surface area contributed by atoms with Crippen molar-refractivity contribution in [2.75, 3.05) is 6.61 Å². The quantitative estimate of drug-likeness (QED) is 0.752. The van der Waals surface area contributed by atoms with E-state index < -0.39 is 0 Å². The Hall–Kier alpha value is -1.31. The molecule has 0 fully saturated rings. The molecule has 1 atom stereocenters. The van der Waals surface area contributed by atoms with Crippen molar-refractivity contribution in [2.45, 2.75) is 40.5 Å². The summed E-state index contributed by atoms with van der Waals surface area (Å²) in [4.78, 5) is 11.0. The Labute approximate surface area is 104 Å². The van der Waals surface area contributed by atoms with E-state index in [0.29, 0.717) is 18.9 Å². The van der Waals surface area contributed by atoms with Crippen molar-refractivity contribution in [1.82, 2.24) is 0 Å². The van der Waals surface area contributed by atoms with Crippen LogP contribution in [-0.2, 0) is 11.2 Å². The van der Waals surface area contributed by atoms with Crippen molar-refractivity contribution in [3.8, 4) is 5.75 Å². The Morgan fingerprint density at radius 1 is 1.41 bits per heavy atom. The zero-order valence-corrected chi connectivity index (χ0v) is 11.2. The molecular weight excluding hydrogens is 212 g/mol. The number of hydrogen-bond acceptors (Lipinski definition) is 2. The number of Topliss-reactive ketones (excluding diaryl/α,β-unsaturated/α-hetero) is 1. The van der Waals surface area contributed by atoms with Crippen LogP contribution in [-0.4, -0.2) is 12.4 Å². The van der Waals surface area contributed by atoms with Crippen LogP contribution in [0.3, 0.4) is 0 Å². The Balaban J connectivity index is 2.68. The molecule has 0 amide bonds. The van der Waals surface area contributed by atoms with Gasteiger partial charge < -0.3 is 9.53 Å². The van der Waals surface area contributed by atoms with Gasteiger partial charge in [-0.25, -0.2) is 0 Å². The predicted molar refractivity (Wildman–Crippen MR) is 70.5 cm³/mol. The molecule has 0 heterocycles. The molecule has 17 heavy (non-hydrogen) atoms. The number of rotatable bonds is 6. The van der Waals surface area contributed by atoms with E-state index in [-0.39, 0.29) is 5.78 Å². The summed E-state index contributed by atoms with van der Waals surface area (Å²) in [7, 11) is 0. The molecule has 1 unspecified atom stereocenters. The van der Waals surface area contributed by atoms with Gasteiger partial charge in [-0.15, -0.1) is 0 Å². The first-order valence-electron chi connectivity index (χ1n) is 6.24. The largest absolute Gasteiger partial charge is 0.494 e. The minimum Gasteiger partial charge on any atom is -0.494 e. The zero-order chi connectivity index (χ0) is 12.8. The van der Waals surface area contributed by atoms with Crippen molar-refractivity contribution in [3.05, 3.63) is 29.3 Å². The standard InChI is InChI=1S/C15H22O2/c1-5-17-15-7-6-14(12(3)10-15)9-11(2)8-13(4)16/h6-7,10-11H,5,8-9H2,1-4H3. The van der Waals surface area contributed by atoms with Gasteiger partial charge in [-0.05, 0) is 56.4 Å². The molecule has 0 saturated carbocycles. The second-order valence-corrected chi connectivity index (χ2v) is 4.74. The van der Waals surface area contributed by atoms with Crippen molar-refractivity contribution in [1.29, 1.82) is 0 Å². The maximum Gasteiger partial charge on any atom is 0.130 e. The summed E-state index contributed by atoms with van der Waals surface area (Å²) >= 11 is 0. The van der Waals surface area contributed by atoms with Crippen LogP contribution in [0.15, 0.2) is 18.2 Å². The fourth-order valence-corrected chi connectivity index (χ4v) is 2.09. The highest BCUT2D eigenvalue weighted by atomic mass is 16.5. The minimum absolute atomic E-state index is 0.265. The number of carbonyl (C=O) groups excluding carboxylic acids is 1. The normalized spacial score (nSPS) is 12.2. The Morgan fingerprint density at radius 3 is 2.65 bits per heavy atom. The van der Waals surface area contributed by atoms with Crippen molar-refractivity contribution >= 4 is 5.78 Å². The Kier molecular flexibility index (Phi) is 5.20. The SMILES string of the molecule is CCOc1ccc(CC(C)CC(C)=O)c(C)c1. The van der Waals surface area contributed by atoms with Crippen LogP contribution in [0.25, 0.3) is 0 Å². The van der Waals surface area contributed by atoms with E-state index in [0.717, 1.165) is 12.2 Å². The predicted octanol–water partition coefficient (Wildman–Crippen LogP) is 3.55. The number of benzene rings is 1. The van der Waals surface area contributed by atoms with Crippen LogP contribution >= 0.6 is 0 Å². The summed E-state index contributed by atoms with van der Waals surface area (Å²) in [5, 5.41) is 0. The third-order valence-corrected chi connectivity index (χ3v) is 2.83. The summed E-state index contributed by atoms with van der Waals surface area (Å²) in [6, 6.07) is 6.18. The average Bonchev–Trinajstić information content (AvgIpc) is 2.21. The molecule has 1 aromatic rings. The molecule has 1 aromatic carbocycles. The van der Waals surface area contributed by atoms with E-state index in [4.69, 9.17) is 4.74 Å². The number of ether oxygens (including phenoxy) is 1. The van der Waals surface area contributed by atoms with Gasteiger partial charge in [-0.2, -0.15) is 0 Å². The molecule has 0 bridgehead atoms. The highest BCUT2D eigenvalue weighted by molar-refractivity contribution is 5.75. The molecule has 94 valence electrons. The molecule has 2 heteroatoms. The topological polar surface area (TPSA) is 26.3 Å². The summed E-state index contributed by atoms with van der Waals surface area (Å²) in [5.41, 5.74) is 2.55. The summed E-state index contributed by atoms with van der Waals surface area (Å²) in [5.74, 6) is 1.60. The molecule has 0 saturated heterocycles. The molecular formula is C15H22O2. The lowest BCUT2D eigenvalue weighted by Gasteiger charge is -2.13. The fraction of sp³-hybridized carbons (Fsp3) is 0.533. The van der Waals surface area contributed by atoms with E-state index in [1.54, 1.807) is 6.92 Å². The average molecular weight is 234 g/mol. The monoisotopic (exact) mass is 234 g/mol. The first kappa shape index (κ1) is 13.8. The van der Waals surface area contributed by atoms with Crippen LogP contribution in [0, 0.1) is 12.8 Å². The van der Waals surface area contributed by atoms with Gasteiger partial charge in [0.05, 0.1) is 6.61 Å². The Morgan fingerprint density at radius 2 is 2.12 bits per heavy atom. The maximum absolute atomic E-state index is 11.0. The van der Waals surface area contributed by atoms with Crippen LogP contribution in [0.2, 0.25) is 0 Å². The minimum atomic E-state index is 0.265. The first-order valence-corrected chi connectivity index (χ1v) is 6.24. The number of hydrogen-bond donors (Lipinski definition) is 0. The van der Waals surface area contributed by atoms with E-state index >= 15 is 0 Å². The van der Waals surface area contributed by atoms with E-state index in [1.807, 2.05) is 13.0 Å². The van der Waals surface area contributed by atoms with Gasteiger partial charge in [-0.1, -0.05) is 13.0 Å². The van der Waals surface area contributed by atoms with Crippen LogP contribution in [0.5, 0.6) is 5.75 Å². The van der Waals surface area contributed by atoms with Crippen LogP contribution in [0.1, 0.15) is 38.3 Å². The highest BCUT2D eigenvalue weighted by Crippen LogP contribution is 2.21. The lowest BCUT2D eigenvalue weighted by atomic mass is 9.94. The van der Waals surface area contributed by atoms with Gasteiger partial charge in [0.1, 0.15) is 11.5 Å². The first-order chi connectivity index (χ1) is 8.02. The van der Waals surface area contributed by atoms with Crippen molar-refractivity contribution in [2.24, 2.45) is 5.92 Å². The maximum atomic E-state index is 11.0. The number of ketones is 1. The smallest absolute Gasteiger partial charge is 0.130 e. The number of carbonyl (C=O) groups is 1. The van der Waals surface area contributed by atoms with E-state index in [9.17, 15) is 4.79 Å². The van der Waals surface area contributed by atoms with Gasteiger partial charge in [0.2, 0.25) is 0 Å². The van der Waals surface area contributed by atoms with Crippen LogP contribution < -0.4 is 4.74 Å². The molecule has 2 nitrogen and oxygen atoms in total. The van der Waals surface area contributed by atoms with Gasteiger partial charge in [0.15, 0.2) is 0 Å². The lowest BCUT2D eigenvalue weighted by molar-refractivity contribution is -0.117. The molecule has 0 aliphatic heterocycles. The molecule has 0 radical (unpaired) electrons. The van der Waals surface area contributed by atoms with Crippen molar-refractivity contribution in [3.63, 3.8) is 0 Å². The van der Waals surface area contributed by atoms with Gasteiger partial charge in [-0.3, -0.25) is 0 Å². The van der Waals surface area contributed by atoms with Crippen LogP contribution in [0.4, 0.5) is 0 Å². The summed E-state index contributed by atoms with van der Waals surface area (Å²) in [6.45, 7) is 8.55. The second-order valence-electron chi connectivity index (χ2n) is 4.74. The van der Waals surface area contributed by atoms with E-state index in [1.165, 1.54) is 11.1 Å². The lowest BCUT2D eigenvalue weighted by Crippen LogP contribution is -2.06. The summed E-state index contributed by atoms with van der Waals surface area (Å²) in [6.07, 6.45) is 1.62. The fourth-order valence-electron chi connectivity index (χ4n) is 2.09. The molecule has 0 aromatic heterocycles. The zero-order valence-electron chi connectivity index (χ0n) is 11.2. The molecule has 0 aliphatic carbocycles. The van der Waals surface area contributed by atoms with Gasteiger partial charge in [0, 0.05) is 6.42 Å². The number of aryl methyl sites for hydroxylation is 1. The van der Waals surface area contributed by atoms with E-state index in [2.05, 4.69) is 26.0 Å². The molecule has 1 rings (SSSR count). The van der Waals surface area contributed by atoms with Gasteiger partial charge in [0.25, 0.3) is 0 Å². The third-order valence-electron chi connectivity index (χ3n) is 2.83. The Bertz CT molecular complexity index is 383. The molecule has 0 spiro atoms.